The number of ether oxygens (including phenoxy) is 1. The van der Waals surface area contributed by atoms with Crippen LogP contribution in [-0.4, -0.2) is 44.6 Å². The lowest BCUT2D eigenvalue weighted by atomic mass is 10.7. The minimum absolute atomic E-state index is 0.0486. The maximum atomic E-state index is 11.2. The zero-order chi connectivity index (χ0) is 12.0. The van der Waals surface area contributed by atoms with Gasteiger partial charge in [-0.25, -0.2) is 9.48 Å². The molecule has 0 aliphatic heterocycles. The number of nitrogens with zero attached hydrogens (tertiary/aromatic N) is 4. The number of imide groups is 1. The van der Waals surface area contributed by atoms with Crippen LogP contribution in [0.1, 0.15) is 6.92 Å². The van der Waals surface area contributed by atoms with E-state index in [1.165, 1.54) is 4.68 Å². The summed E-state index contributed by atoms with van der Waals surface area (Å²) in [6, 6.07) is 0. The van der Waals surface area contributed by atoms with Gasteiger partial charge in [0.25, 0.3) is 0 Å². The molecular formula is C7H11N5O3S. The van der Waals surface area contributed by atoms with E-state index in [1.807, 2.05) is 0 Å². The molecule has 0 bridgehead atoms. The van der Waals surface area contributed by atoms with Gasteiger partial charge in [0, 0.05) is 7.05 Å². The van der Waals surface area contributed by atoms with Crippen LogP contribution in [0.2, 0.25) is 0 Å². The SMILES string of the molecule is CCOC(=O)NC(=O)CSc1nnnn1C. The number of hydrogen-bond acceptors (Lipinski definition) is 7. The van der Waals surface area contributed by atoms with Gasteiger partial charge in [0.2, 0.25) is 11.1 Å². The first-order valence-electron chi connectivity index (χ1n) is 4.45. The summed E-state index contributed by atoms with van der Waals surface area (Å²) in [5.41, 5.74) is 0. The monoisotopic (exact) mass is 245 g/mol. The second-order valence-corrected chi connectivity index (χ2v) is 3.58. The summed E-state index contributed by atoms with van der Waals surface area (Å²) in [5, 5.41) is 13.2. The molecule has 0 aromatic carbocycles. The van der Waals surface area contributed by atoms with E-state index in [1.54, 1.807) is 14.0 Å². The number of rotatable bonds is 4. The average Bonchev–Trinajstić information content (AvgIpc) is 2.61. The van der Waals surface area contributed by atoms with E-state index in [0.29, 0.717) is 5.16 Å². The minimum atomic E-state index is -0.746. The van der Waals surface area contributed by atoms with Crippen LogP contribution < -0.4 is 5.32 Å². The van der Waals surface area contributed by atoms with Crippen molar-refractivity contribution in [1.82, 2.24) is 25.5 Å². The molecule has 0 unspecified atom stereocenters. The summed E-state index contributed by atoms with van der Waals surface area (Å²) in [4.78, 5) is 22.1. The summed E-state index contributed by atoms with van der Waals surface area (Å²) in [6.07, 6.45) is -0.746. The van der Waals surface area contributed by atoms with Crippen molar-refractivity contribution >= 4 is 23.8 Å². The summed E-state index contributed by atoms with van der Waals surface area (Å²) >= 11 is 1.13. The van der Waals surface area contributed by atoms with E-state index in [0.717, 1.165) is 11.8 Å². The molecule has 16 heavy (non-hydrogen) atoms. The number of amides is 2. The van der Waals surface area contributed by atoms with Crippen LogP contribution >= 0.6 is 11.8 Å². The smallest absolute Gasteiger partial charge is 0.413 e. The molecule has 8 nitrogen and oxygen atoms in total. The average molecular weight is 245 g/mol. The van der Waals surface area contributed by atoms with Gasteiger partial charge >= 0.3 is 6.09 Å². The number of alkyl carbamates (subject to hydrolysis) is 1. The number of aryl methyl sites for hydroxylation is 1. The van der Waals surface area contributed by atoms with Gasteiger partial charge in [-0.1, -0.05) is 11.8 Å². The Morgan fingerprint density at radius 2 is 2.31 bits per heavy atom. The maximum absolute atomic E-state index is 11.2. The number of nitrogens with one attached hydrogen (secondary N) is 1. The molecule has 1 N–H and O–H groups in total. The molecule has 88 valence electrons. The molecule has 1 aromatic rings. The van der Waals surface area contributed by atoms with E-state index < -0.39 is 12.0 Å². The number of carbonyl (C=O) groups is 2. The normalized spacial score (nSPS) is 9.88. The number of tetrazole rings is 1. The van der Waals surface area contributed by atoms with Gasteiger partial charge in [0.15, 0.2) is 0 Å². The standard InChI is InChI=1S/C7H11N5O3S/c1-3-15-7(14)8-5(13)4-16-6-9-10-11-12(6)2/h3-4H2,1-2H3,(H,8,13,14). The van der Waals surface area contributed by atoms with Crippen molar-refractivity contribution < 1.29 is 14.3 Å². The Labute approximate surface area is 95.7 Å². The lowest BCUT2D eigenvalue weighted by molar-refractivity contribution is -0.117. The predicted molar refractivity (Wildman–Crippen MR) is 54.7 cm³/mol. The number of carbonyl (C=O) groups excluding carboxylic acids is 2. The quantitative estimate of drug-likeness (QED) is 0.719. The summed E-state index contributed by atoms with van der Waals surface area (Å²) < 4.78 is 5.98. The zero-order valence-electron chi connectivity index (χ0n) is 8.84. The highest BCUT2D eigenvalue weighted by Gasteiger charge is 2.10. The summed E-state index contributed by atoms with van der Waals surface area (Å²) in [6.45, 7) is 1.88. The zero-order valence-corrected chi connectivity index (χ0v) is 9.65. The molecule has 0 radical (unpaired) electrons. The van der Waals surface area contributed by atoms with E-state index in [-0.39, 0.29) is 12.4 Å². The molecule has 0 saturated heterocycles. The number of hydrogen-bond donors (Lipinski definition) is 1. The Morgan fingerprint density at radius 3 is 2.88 bits per heavy atom. The lowest BCUT2D eigenvalue weighted by Crippen LogP contribution is -2.32. The van der Waals surface area contributed by atoms with Crippen LogP contribution in [0.3, 0.4) is 0 Å². The molecular weight excluding hydrogens is 234 g/mol. The minimum Gasteiger partial charge on any atom is -0.450 e. The number of thioether (sulfide) groups is 1. The van der Waals surface area contributed by atoms with Crippen LogP contribution in [0, 0.1) is 0 Å². The molecule has 0 fully saturated rings. The van der Waals surface area contributed by atoms with E-state index in [9.17, 15) is 9.59 Å². The third-order valence-electron chi connectivity index (χ3n) is 1.43. The predicted octanol–water partition coefficient (Wildman–Crippen LogP) is -0.425. The first-order chi connectivity index (χ1) is 7.63. The molecule has 0 aliphatic carbocycles. The van der Waals surface area contributed by atoms with E-state index in [4.69, 9.17) is 0 Å². The fraction of sp³-hybridized carbons (Fsp3) is 0.571. The van der Waals surface area contributed by atoms with Crippen molar-refractivity contribution in [2.75, 3.05) is 12.4 Å². The van der Waals surface area contributed by atoms with Crippen LogP contribution in [-0.2, 0) is 16.6 Å². The Balaban J connectivity index is 2.31. The third-order valence-corrected chi connectivity index (χ3v) is 2.44. The van der Waals surface area contributed by atoms with Crippen molar-refractivity contribution in [2.24, 2.45) is 7.05 Å². The first-order valence-corrected chi connectivity index (χ1v) is 5.43. The van der Waals surface area contributed by atoms with Gasteiger partial charge < -0.3 is 4.74 Å². The molecule has 1 aromatic heterocycles. The molecule has 1 heterocycles. The van der Waals surface area contributed by atoms with Crippen molar-refractivity contribution in [3.63, 3.8) is 0 Å². The van der Waals surface area contributed by atoms with Crippen LogP contribution in [0.4, 0.5) is 4.79 Å². The van der Waals surface area contributed by atoms with Gasteiger partial charge in [-0.3, -0.25) is 10.1 Å². The fourth-order valence-corrected chi connectivity index (χ4v) is 1.44. The van der Waals surface area contributed by atoms with Crippen molar-refractivity contribution in [1.29, 1.82) is 0 Å². The molecule has 0 atom stereocenters. The second-order valence-electron chi connectivity index (χ2n) is 2.64. The molecule has 0 aliphatic rings. The molecule has 1 rings (SSSR count). The Kier molecular flexibility index (Phi) is 4.70. The molecule has 9 heteroatoms. The van der Waals surface area contributed by atoms with Gasteiger partial charge in [0.1, 0.15) is 0 Å². The maximum Gasteiger partial charge on any atom is 0.413 e. The highest BCUT2D eigenvalue weighted by atomic mass is 32.2. The Bertz CT molecular complexity index is 380. The van der Waals surface area contributed by atoms with E-state index in [2.05, 4.69) is 25.6 Å². The van der Waals surface area contributed by atoms with Gasteiger partial charge in [-0.2, -0.15) is 0 Å². The number of aromatic nitrogens is 4. The van der Waals surface area contributed by atoms with Crippen molar-refractivity contribution in [2.45, 2.75) is 12.1 Å². The topological polar surface area (TPSA) is 99.0 Å². The Hall–Kier alpha value is -1.64. The van der Waals surface area contributed by atoms with Gasteiger partial charge in [-0.05, 0) is 17.4 Å². The first kappa shape index (κ1) is 12.4. The largest absolute Gasteiger partial charge is 0.450 e. The highest BCUT2D eigenvalue weighted by Crippen LogP contribution is 2.11. The van der Waals surface area contributed by atoms with Gasteiger partial charge in [0.05, 0.1) is 12.4 Å². The van der Waals surface area contributed by atoms with Crippen LogP contribution in [0.5, 0.6) is 0 Å². The van der Waals surface area contributed by atoms with Crippen molar-refractivity contribution in [3.8, 4) is 0 Å². The molecule has 0 spiro atoms. The summed E-state index contributed by atoms with van der Waals surface area (Å²) in [5.74, 6) is -0.404. The summed E-state index contributed by atoms with van der Waals surface area (Å²) in [7, 11) is 1.66. The second kappa shape index (κ2) is 6.05. The van der Waals surface area contributed by atoms with Crippen molar-refractivity contribution in [3.05, 3.63) is 0 Å². The Morgan fingerprint density at radius 1 is 1.56 bits per heavy atom. The lowest BCUT2D eigenvalue weighted by Gasteiger charge is -2.02. The molecule has 0 saturated carbocycles. The van der Waals surface area contributed by atoms with Gasteiger partial charge in [-0.15, -0.1) is 5.10 Å². The molecule has 2 amide bonds. The fourth-order valence-electron chi connectivity index (χ4n) is 0.791. The third kappa shape index (κ3) is 3.85. The van der Waals surface area contributed by atoms with Crippen LogP contribution in [0.25, 0.3) is 0 Å². The highest BCUT2D eigenvalue weighted by molar-refractivity contribution is 7.99. The van der Waals surface area contributed by atoms with E-state index >= 15 is 0 Å². The van der Waals surface area contributed by atoms with Crippen LogP contribution in [0.15, 0.2) is 5.16 Å².